The second-order valence-electron chi connectivity index (χ2n) is 6.90. The molecule has 1 fully saturated rings. The number of rotatable bonds is 4. The number of fused-ring (bicyclic) bond motifs is 1. The molecule has 0 atom stereocenters. The molecule has 0 aliphatic carbocycles. The normalized spacial score (nSPS) is 15.3. The van der Waals surface area contributed by atoms with Gasteiger partial charge in [0, 0.05) is 36.2 Å². The van der Waals surface area contributed by atoms with Crippen molar-refractivity contribution in [2.24, 2.45) is 0 Å². The number of aryl methyl sites for hydroxylation is 1. The Morgan fingerprint density at radius 2 is 2.00 bits per heavy atom. The number of hydrogen-bond donors (Lipinski definition) is 2. The van der Waals surface area contributed by atoms with Gasteiger partial charge >= 0.3 is 0 Å². The van der Waals surface area contributed by atoms with Crippen LogP contribution >= 0.6 is 0 Å². The Kier molecular flexibility index (Phi) is 4.56. The number of carbonyl (C=O) groups excluding carboxylic acids is 1. The van der Waals surface area contributed by atoms with Crippen LogP contribution in [-0.4, -0.2) is 45.1 Å². The second kappa shape index (κ2) is 7.15. The van der Waals surface area contributed by atoms with E-state index in [-0.39, 0.29) is 5.91 Å². The summed E-state index contributed by atoms with van der Waals surface area (Å²) < 4.78 is 0. The molecule has 0 radical (unpaired) electrons. The first-order valence-corrected chi connectivity index (χ1v) is 9.09. The molecule has 1 amide bonds. The van der Waals surface area contributed by atoms with E-state index < -0.39 is 0 Å². The Labute approximate surface area is 152 Å². The molecule has 26 heavy (non-hydrogen) atoms. The lowest BCUT2D eigenvalue weighted by molar-refractivity contribution is -0.131. The van der Waals surface area contributed by atoms with E-state index in [0.717, 1.165) is 53.9 Å². The third kappa shape index (κ3) is 3.54. The molecule has 0 unspecified atom stereocenters. The molecular formula is C20H23N5O. The Bertz CT molecular complexity index is 894. The number of para-hydroxylation sites is 1. The van der Waals surface area contributed by atoms with Crippen molar-refractivity contribution in [2.45, 2.75) is 32.2 Å². The van der Waals surface area contributed by atoms with Gasteiger partial charge in [0.15, 0.2) is 0 Å². The molecule has 2 aromatic heterocycles. The van der Waals surface area contributed by atoms with Crippen molar-refractivity contribution in [3.63, 3.8) is 0 Å². The first-order valence-electron chi connectivity index (χ1n) is 9.09. The van der Waals surface area contributed by atoms with Gasteiger partial charge in [-0.25, -0.2) is 0 Å². The average molecular weight is 349 g/mol. The number of H-pyrrole nitrogens is 1. The molecule has 0 bridgehead atoms. The molecule has 3 heterocycles. The van der Waals surface area contributed by atoms with Crippen LogP contribution in [0.3, 0.4) is 0 Å². The van der Waals surface area contributed by atoms with Gasteiger partial charge in [-0.05, 0) is 43.5 Å². The maximum atomic E-state index is 12.7. The highest BCUT2D eigenvalue weighted by atomic mass is 16.2. The zero-order valence-electron chi connectivity index (χ0n) is 14.9. The largest absolute Gasteiger partial charge is 0.366 e. The number of likely N-dealkylation sites (tertiary alicyclic amines) is 1. The van der Waals surface area contributed by atoms with Crippen LogP contribution in [0.5, 0.6) is 0 Å². The number of hydrogen-bond acceptors (Lipinski definition) is 4. The predicted molar refractivity (Wildman–Crippen MR) is 102 cm³/mol. The number of piperidine rings is 1. The minimum Gasteiger partial charge on any atom is -0.366 e. The minimum atomic E-state index is 0.198. The smallest absolute Gasteiger partial charge is 0.227 e. The van der Waals surface area contributed by atoms with Gasteiger partial charge in [-0.2, -0.15) is 5.10 Å². The molecule has 3 aromatic rings. The maximum absolute atomic E-state index is 12.7. The van der Waals surface area contributed by atoms with Crippen molar-refractivity contribution in [1.82, 2.24) is 20.1 Å². The van der Waals surface area contributed by atoms with Crippen LogP contribution in [0.2, 0.25) is 0 Å². The monoisotopic (exact) mass is 349 g/mol. The van der Waals surface area contributed by atoms with Gasteiger partial charge in [0.25, 0.3) is 0 Å². The fraction of sp³-hybridized carbons (Fsp3) is 0.350. The van der Waals surface area contributed by atoms with E-state index in [1.807, 2.05) is 48.4 Å². The van der Waals surface area contributed by atoms with Crippen LogP contribution in [-0.2, 0) is 11.2 Å². The Morgan fingerprint density at radius 1 is 1.19 bits per heavy atom. The summed E-state index contributed by atoms with van der Waals surface area (Å²) >= 11 is 0. The Balaban J connectivity index is 1.32. The van der Waals surface area contributed by atoms with Gasteiger partial charge in [0.2, 0.25) is 5.91 Å². The highest BCUT2D eigenvalue weighted by Crippen LogP contribution is 2.20. The number of amides is 1. The van der Waals surface area contributed by atoms with Crippen LogP contribution in [0, 0.1) is 6.92 Å². The molecule has 6 nitrogen and oxygen atoms in total. The molecule has 6 heteroatoms. The zero-order valence-corrected chi connectivity index (χ0v) is 14.9. The highest BCUT2D eigenvalue weighted by Gasteiger charge is 2.23. The number of aromatic amines is 1. The number of aromatic nitrogens is 3. The third-order valence-electron chi connectivity index (χ3n) is 5.01. The summed E-state index contributed by atoms with van der Waals surface area (Å²) in [7, 11) is 0. The summed E-state index contributed by atoms with van der Waals surface area (Å²) in [5, 5.41) is 12.8. The summed E-state index contributed by atoms with van der Waals surface area (Å²) in [5.41, 5.74) is 3.06. The summed E-state index contributed by atoms with van der Waals surface area (Å²) in [6.07, 6.45) is 4.25. The first kappa shape index (κ1) is 16.6. The van der Waals surface area contributed by atoms with Gasteiger partial charge in [0.05, 0.1) is 12.1 Å². The van der Waals surface area contributed by atoms with Crippen LogP contribution < -0.4 is 5.32 Å². The Morgan fingerprint density at radius 3 is 2.77 bits per heavy atom. The summed E-state index contributed by atoms with van der Waals surface area (Å²) in [6, 6.07) is 12.4. The molecule has 2 N–H and O–H groups in total. The van der Waals surface area contributed by atoms with Crippen molar-refractivity contribution in [3.8, 4) is 0 Å². The predicted octanol–water partition coefficient (Wildman–Crippen LogP) is 2.91. The number of nitrogens with zero attached hydrogens (tertiary/aromatic N) is 3. The van der Waals surface area contributed by atoms with Crippen LogP contribution in [0.15, 0.2) is 42.6 Å². The number of nitrogens with one attached hydrogen (secondary N) is 2. The quantitative estimate of drug-likeness (QED) is 0.759. The molecule has 1 aromatic carbocycles. The van der Waals surface area contributed by atoms with Crippen molar-refractivity contribution >= 4 is 22.6 Å². The van der Waals surface area contributed by atoms with Crippen LogP contribution in [0.25, 0.3) is 10.9 Å². The molecular weight excluding hydrogens is 326 g/mol. The molecule has 1 aliphatic rings. The SMILES string of the molecule is Cc1ccc(NC2CCN(C(=O)Cc3c[nH]c4ccccc34)CC2)nn1. The molecule has 4 rings (SSSR count). The lowest BCUT2D eigenvalue weighted by Gasteiger charge is -2.32. The minimum absolute atomic E-state index is 0.198. The zero-order chi connectivity index (χ0) is 17.9. The van der Waals surface area contributed by atoms with Gasteiger partial charge in [0.1, 0.15) is 5.82 Å². The van der Waals surface area contributed by atoms with E-state index in [4.69, 9.17) is 0 Å². The summed E-state index contributed by atoms with van der Waals surface area (Å²) in [6.45, 7) is 3.48. The highest BCUT2D eigenvalue weighted by molar-refractivity contribution is 5.88. The van der Waals surface area contributed by atoms with Crippen LogP contribution in [0.1, 0.15) is 24.1 Å². The van der Waals surface area contributed by atoms with Gasteiger partial charge < -0.3 is 15.2 Å². The van der Waals surface area contributed by atoms with E-state index in [1.165, 1.54) is 0 Å². The number of benzene rings is 1. The van der Waals surface area contributed by atoms with Crippen molar-refractivity contribution < 1.29 is 4.79 Å². The second-order valence-corrected chi connectivity index (χ2v) is 6.90. The molecule has 1 saturated heterocycles. The van der Waals surface area contributed by atoms with E-state index in [2.05, 4.69) is 26.6 Å². The molecule has 1 aliphatic heterocycles. The Hall–Kier alpha value is -2.89. The molecule has 134 valence electrons. The summed E-state index contributed by atoms with van der Waals surface area (Å²) in [5.74, 6) is 1.00. The van der Waals surface area contributed by atoms with E-state index in [9.17, 15) is 4.79 Å². The van der Waals surface area contributed by atoms with Crippen molar-refractivity contribution in [1.29, 1.82) is 0 Å². The van der Waals surface area contributed by atoms with E-state index >= 15 is 0 Å². The maximum Gasteiger partial charge on any atom is 0.227 e. The van der Waals surface area contributed by atoms with Crippen LogP contribution in [0.4, 0.5) is 5.82 Å². The fourth-order valence-electron chi connectivity index (χ4n) is 3.51. The van der Waals surface area contributed by atoms with Gasteiger partial charge in [-0.15, -0.1) is 5.10 Å². The standard InChI is InChI=1S/C20H23N5O/c1-14-6-7-19(24-23-14)22-16-8-10-25(11-9-16)20(26)12-15-13-21-18-5-3-2-4-17(15)18/h2-7,13,16,21H,8-12H2,1H3,(H,22,24). The lowest BCUT2D eigenvalue weighted by Crippen LogP contribution is -2.43. The molecule has 0 spiro atoms. The van der Waals surface area contributed by atoms with E-state index in [0.29, 0.717) is 12.5 Å². The van der Waals surface area contributed by atoms with Gasteiger partial charge in [-0.1, -0.05) is 18.2 Å². The van der Waals surface area contributed by atoms with Gasteiger partial charge in [-0.3, -0.25) is 4.79 Å². The first-order chi connectivity index (χ1) is 12.7. The average Bonchev–Trinajstić information content (AvgIpc) is 3.07. The number of anilines is 1. The fourth-order valence-corrected chi connectivity index (χ4v) is 3.51. The number of carbonyl (C=O) groups is 1. The third-order valence-corrected chi connectivity index (χ3v) is 5.01. The van der Waals surface area contributed by atoms with E-state index in [1.54, 1.807) is 0 Å². The molecule has 0 saturated carbocycles. The topological polar surface area (TPSA) is 73.9 Å². The van der Waals surface area contributed by atoms with Crippen molar-refractivity contribution in [3.05, 3.63) is 53.9 Å². The summed E-state index contributed by atoms with van der Waals surface area (Å²) in [4.78, 5) is 17.9. The lowest BCUT2D eigenvalue weighted by atomic mass is 10.0. The van der Waals surface area contributed by atoms with Crippen molar-refractivity contribution in [2.75, 3.05) is 18.4 Å².